The van der Waals surface area contributed by atoms with Crippen molar-refractivity contribution >= 4 is 17.0 Å². The number of fused-ring (bicyclic) bond motifs is 1. The van der Waals surface area contributed by atoms with Crippen LogP contribution in [0.2, 0.25) is 0 Å². The number of aromatic nitrogens is 2. The molecule has 0 unspecified atom stereocenters. The first kappa shape index (κ1) is 10.3. The number of azide groups is 1. The molecule has 0 bridgehead atoms. The van der Waals surface area contributed by atoms with E-state index in [9.17, 15) is 0 Å². The summed E-state index contributed by atoms with van der Waals surface area (Å²) < 4.78 is 0. The van der Waals surface area contributed by atoms with Gasteiger partial charge in [0.2, 0.25) is 0 Å². The molecule has 80 valence electrons. The van der Waals surface area contributed by atoms with Crippen molar-refractivity contribution in [2.75, 3.05) is 6.54 Å². The molecule has 0 aliphatic rings. The maximum atomic E-state index is 8.14. The second-order valence-corrected chi connectivity index (χ2v) is 3.48. The number of hydrogen-bond acceptors (Lipinski definition) is 2. The maximum Gasteiger partial charge on any atom is 0.0653 e. The number of hydrogen-bond donors (Lipinski definition) is 1. The zero-order valence-corrected chi connectivity index (χ0v) is 8.88. The topological polar surface area (TPSA) is 77.4 Å². The summed E-state index contributed by atoms with van der Waals surface area (Å²) in [6.45, 7) is 2.41. The highest BCUT2D eigenvalue weighted by Gasteiger charge is 1.99. The number of nitrogens with zero attached hydrogens (tertiary/aromatic N) is 4. The fourth-order valence-corrected chi connectivity index (χ4v) is 1.56. The van der Waals surface area contributed by atoms with E-state index in [0.717, 1.165) is 22.0 Å². The third-order valence-electron chi connectivity index (χ3n) is 2.37. The minimum atomic E-state index is 0.374. The van der Waals surface area contributed by atoms with Crippen LogP contribution in [0.5, 0.6) is 0 Å². The SMILES string of the molecule is Cc1cc2[nH]ncc2cc1C=CCN=[N+]=[N-]. The van der Waals surface area contributed by atoms with Crippen molar-refractivity contribution in [2.45, 2.75) is 6.92 Å². The Kier molecular flexibility index (Phi) is 2.89. The Morgan fingerprint density at radius 2 is 2.44 bits per heavy atom. The molecule has 2 rings (SSSR count). The molecule has 0 radical (unpaired) electrons. The quantitative estimate of drug-likeness (QED) is 0.474. The lowest BCUT2D eigenvalue weighted by Crippen LogP contribution is -1.81. The standard InChI is InChI=1S/C11H11N5/c1-8-5-11-10(7-14-15-11)6-9(8)3-2-4-13-16-12/h2-3,5-7H,4H2,1H3,(H,14,15). The van der Waals surface area contributed by atoms with Gasteiger partial charge < -0.3 is 0 Å². The fraction of sp³-hybridized carbons (Fsp3) is 0.182. The summed E-state index contributed by atoms with van der Waals surface area (Å²) in [5.41, 5.74) is 11.4. The normalized spacial score (nSPS) is 10.8. The van der Waals surface area contributed by atoms with E-state index in [2.05, 4.69) is 32.4 Å². The molecule has 1 aromatic carbocycles. The largest absolute Gasteiger partial charge is 0.278 e. The molecule has 5 nitrogen and oxygen atoms in total. The molecule has 0 amide bonds. The average Bonchev–Trinajstić information content (AvgIpc) is 2.71. The van der Waals surface area contributed by atoms with E-state index in [-0.39, 0.29) is 0 Å². The van der Waals surface area contributed by atoms with Crippen molar-refractivity contribution in [2.24, 2.45) is 5.11 Å². The Morgan fingerprint density at radius 1 is 1.56 bits per heavy atom. The van der Waals surface area contributed by atoms with Gasteiger partial charge in [0.15, 0.2) is 0 Å². The smallest absolute Gasteiger partial charge is 0.0653 e. The molecule has 0 aliphatic heterocycles. The van der Waals surface area contributed by atoms with Crippen molar-refractivity contribution in [1.82, 2.24) is 10.2 Å². The summed E-state index contributed by atoms with van der Waals surface area (Å²) in [5, 5.41) is 11.4. The first-order valence-electron chi connectivity index (χ1n) is 4.92. The van der Waals surface area contributed by atoms with Crippen molar-refractivity contribution in [3.63, 3.8) is 0 Å². The van der Waals surface area contributed by atoms with E-state index in [4.69, 9.17) is 5.53 Å². The number of benzene rings is 1. The molecular weight excluding hydrogens is 202 g/mol. The zero-order valence-electron chi connectivity index (χ0n) is 8.88. The minimum Gasteiger partial charge on any atom is -0.278 e. The number of aryl methyl sites for hydroxylation is 1. The molecular formula is C11H11N5. The molecule has 1 heterocycles. The lowest BCUT2D eigenvalue weighted by molar-refractivity contribution is 1.12. The van der Waals surface area contributed by atoms with Gasteiger partial charge >= 0.3 is 0 Å². The lowest BCUT2D eigenvalue weighted by atomic mass is 10.1. The van der Waals surface area contributed by atoms with Crippen LogP contribution in [0.3, 0.4) is 0 Å². The van der Waals surface area contributed by atoms with Gasteiger partial charge in [0, 0.05) is 16.8 Å². The van der Waals surface area contributed by atoms with Crippen molar-refractivity contribution in [3.8, 4) is 0 Å². The highest BCUT2D eigenvalue weighted by atomic mass is 15.1. The molecule has 0 saturated carbocycles. The van der Waals surface area contributed by atoms with Gasteiger partial charge in [-0.05, 0) is 35.7 Å². The van der Waals surface area contributed by atoms with E-state index >= 15 is 0 Å². The summed E-state index contributed by atoms with van der Waals surface area (Å²) in [5.74, 6) is 0. The maximum absolute atomic E-state index is 8.14. The molecule has 5 heteroatoms. The lowest BCUT2D eigenvalue weighted by Gasteiger charge is -1.99. The van der Waals surface area contributed by atoms with E-state index in [0.29, 0.717) is 6.54 Å². The van der Waals surface area contributed by atoms with Crippen LogP contribution in [-0.4, -0.2) is 16.7 Å². The van der Waals surface area contributed by atoms with Crippen LogP contribution in [-0.2, 0) is 0 Å². The second-order valence-electron chi connectivity index (χ2n) is 3.48. The Labute approximate surface area is 92.4 Å². The van der Waals surface area contributed by atoms with Gasteiger partial charge in [0.25, 0.3) is 0 Å². The summed E-state index contributed by atoms with van der Waals surface area (Å²) >= 11 is 0. The third-order valence-corrected chi connectivity index (χ3v) is 2.37. The van der Waals surface area contributed by atoms with Crippen LogP contribution in [0.1, 0.15) is 11.1 Å². The van der Waals surface area contributed by atoms with Crippen LogP contribution in [0.4, 0.5) is 0 Å². The molecule has 2 aromatic rings. The van der Waals surface area contributed by atoms with Crippen molar-refractivity contribution in [3.05, 3.63) is 46.0 Å². The van der Waals surface area contributed by atoms with Gasteiger partial charge in [0.05, 0.1) is 11.7 Å². The van der Waals surface area contributed by atoms with Crippen LogP contribution >= 0.6 is 0 Å². The highest BCUT2D eigenvalue weighted by molar-refractivity contribution is 5.82. The van der Waals surface area contributed by atoms with E-state index in [1.807, 2.05) is 19.1 Å². The monoisotopic (exact) mass is 213 g/mol. The van der Waals surface area contributed by atoms with E-state index < -0.39 is 0 Å². The van der Waals surface area contributed by atoms with E-state index in [1.54, 1.807) is 6.20 Å². The molecule has 0 atom stereocenters. The summed E-state index contributed by atoms with van der Waals surface area (Å²) in [7, 11) is 0. The van der Waals surface area contributed by atoms with Crippen molar-refractivity contribution in [1.29, 1.82) is 0 Å². The third kappa shape index (κ3) is 2.04. The molecule has 16 heavy (non-hydrogen) atoms. The molecule has 0 fully saturated rings. The second kappa shape index (κ2) is 4.51. The first-order valence-corrected chi connectivity index (χ1v) is 4.92. The van der Waals surface area contributed by atoms with Crippen LogP contribution in [0.15, 0.2) is 29.5 Å². The average molecular weight is 213 g/mol. The van der Waals surface area contributed by atoms with Gasteiger partial charge in [0.1, 0.15) is 0 Å². The summed E-state index contributed by atoms with van der Waals surface area (Å²) in [4.78, 5) is 2.69. The number of rotatable bonds is 3. The summed E-state index contributed by atoms with van der Waals surface area (Å²) in [6, 6.07) is 4.11. The Morgan fingerprint density at radius 3 is 3.25 bits per heavy atom. The molecule has 1 N–H and O–H groups in total. The van der Waals surface area contributed by atoms with Crippen LogP contribution < -0.4 is 0 Å². The van der Waals surface area contributed by atoms with Crippen LogP contribution in [0, 0.1) is 6.92 Å². The van der Waals surface area contributed by atoms with Gasteiger partial charge in [-0.25, -0.2) is 0 Å². The number of H-pyrrole nitrogens is 1. The Bertz CT molecular complexity index is 575. The molecule has 0 aliphatic carbocycles. The molecule has 1 aromatic heterocycles. The van der Waals surface area contributed by atoms with Crippen LogP contribution in [0.25, 0.3) is 27.4 Å². The first-order chi connectivity index (χ1) is 7.81. The summed E-state index contributed by atoms with van der Waals surface area (Å²) in [6.07, 6.45) is 5.59. The van der Waals surface area contributed by atoms with E-state index in [1.165, 1.54) is 0 Å². The number of nitrogens with one attached hydrogen (secondary N) is 1. The highest BCUT2D eigenvalue weighted by Crippen LogP contribution is 2.18. The van der Waals surface area contributed by atoms with Crippen molar-refractivity contribution < 1.29 is 0 Å². The predicted octanol–water partition coefficient (Wildman–Crippen LogP) is 3.19. The predicted molar refractivity (Wildman–Crippen MR) is 63.9 cm³/mol. The van der Waals surface area contributed by atoms with Gasteiger partial charge in [-0.3, -0.25) is 5.10 Å². The number of aromatic amines is 1. The molecule has 0 spiro atoms. The minimum absolute atomic E-state index is 0.374. The fourth-order valence-electron chi connectivity index (χ4n) is 1.56. The Balaban J connectivity index is 2.32. The van der Waals surface area contributed by atoms with Gasteiger partial charge in [-0.1, -0.05) is 17.3 Å². The zero-order chi connectivity index (χ0) is 11.4. The van der Waals surface area contributed by atoms with Gasteiger partial charge in [-0.2, -0.15) is 5.10 Å². The van der Waals surface area contributed by atoms with Gasteiger partial charge in [-0.15, -0.1) is 0 Å². The Hall–Kier alpha value is -2.26. The molecule has 0 saturated heterocycles.